The highest BCUT2D eigenvalue weighted by Gasteiger charge is 2.21. The van der Waals surface area contributed by atoms with Gasteiger partial charge in [-0.25, -0.2) is 12.7 Å². The lowest BCUT2D eigenvalue weighted by atomic mass is 10.1. The molecule has 0 spiro atoms. The zero-order valence-corrected chi connectivity index (χ0v) is 16.2. The number of hydrogen-bond donors (Lipinski definition) is 1. The Morgan fingerprint density at radius 2 is 1.88 bits per heavy atom. The zero-order valence-electron chi connectivity index (χ0n) is 15.4. The molecule has 1 N–H and O–H groups in total. The van der Waals surface area contributed by atoms with Crippen LogP contribution >= 0.6 is 0 Å². The predicted molar refractivity (Wildman–Crippen MR) is 97.2 cm³/mol. The predicted octanol–water partition coefficient (Wildman–Crippen LogP) is 2.45. The minimum absolute atomic E-state index is 0.167. The van der Waals surface area contributed by atoms with Gasteiger partial charge in [0.05, 0.1) is 22.2 Å². The molecule has 1 aromatic carbocycles. The highest BCUT2D eigenvalue weighted by Crippen LogP contribution is 2.23. The normalized spacial score (nSPS) is 12.4. The fourth-order valence-electron chi connectivity index (χ4n) is 2.16. The Morgan fingerprint density at radius 1 is 1.24 bits per heavy atom. The Morgan fingerprint density at radius 3 is 2.40 bits per heavy atom. The van der Waals surface area contributed by atoms with Gasteiger partial charge in [-0.2, -0.15) is 5.10 Å². The van der Waals surface area contributed by atoms with Crippen molar-refractivity contribution < 1.29 is 13.2 Å². The van der Waals surface area contributed by atoms with Gasteiger partial charge < -0.3 is 5.32 Å². The second kappa shape index (κ2) is 6.61. The van der Waals surface area contributed by atoms with Crippen molar-refractivity contribution in [3.8, 4) is 0 Å². The monoisotopic (exact) mass is 364 g/mol. The molecule has 136 valence electrons. The number of carbonyl (C=O) groups excluding carboxylic acids is 1. The Hall–Kier alpha value is -2.19. The third-order valence-corrected chi connectivity index (χ3v) is 5.69. The zero-order chi connectivity index (χ0) is 19.0. The van der Waals surface area contributed by atoms with Crippen molar-refractivity contribution in [2.24, 2.45) is 0 Å². The maximum atomic E-state index is 12.4. The molecule has 0 fully saturated rings. The number of benzene rings is 1. The summed E-state index contributed by atoms with van der Waals surface area (Å²) >= 11 is 0. The quantitative estimate of drug-likeness (QED) is 0.903. The molecule has 25 heavy (non-hydrogen) atoms. The highest BCUT2D eigenvalue weighted by molar-refractivity contribution is 7.89. The molecule has 1 amide bonds. The van der Waals surface area contributed by atoms with Crippen LogP contribution in [0.4, 0.5) is 5.69 Å². The maximum Gasteiger partial charge on any atom is 0.258 e. The van der Waals surface area contributed by atoms with Crippen molar-refractivity contribution in [2.45, 2.75) is 38.1 Å². The smallest absolute Gasteiger partial charge is 0.258 e. The van der Waals surface area contributed by atoms with Crippen molar-refractivity contribution >= 4 is 21.6 Å². The number of carbonyl (C=O) groups is 1. The van der Waals surface area contributed by atoms with Gasteiger partial charge in [0, 0.05) is 26.0 Å². The molecule has 0 aliphatic heterocycles. The molecule has 0 atom stereocenters. The van der Waals surface area contributed by atoms with Crippen LogP contribution in [0.5, 0.6) is 0 Å². The number of amides is 1. The van der Waals surface area contributed by atoms with Crippen LogP contribution in [0.2, 0.25) is 0 Å². The third kappa shape index (κ3) is 4.08. The van der Waals surface area contributed by atoms with E-state index in [4.69, 9.17) is 0 Å². The number of nitrogens with zero attached hydrogens (tertiary/aromatic N) is 3. The summed E-state index contributed by atoms with van der Waals surface area (Å²) in [5, 5.41) is 6.92. The molecule has 2 aromatic rings. The SMILES string of the molecule is Cc1ccc(NC(=O)c2cnn(C(C)(C)C)c2)cc1S(=O)(=O)N(C)C. The number of hydrogen-bond acceptors (Lipinski definition) is 4. The van der Waals surface area contributed by atoms with Crippen molar-refractivity contribution in [1.82, 2.24) is 14.1 Å². The van der Waals surface area contributed by atoms with Gasteiger partial charge in [-0.05, 0) is 45.4 Å². The Kier molecular flexibility index (Phi) is 5.06. The topological polar surface area (TPSA) is 84.3 Å². The minimum atomic E-state index is -3.58. The van der Waals surface area contributed by atoms with Gasteiger partial charge >= 0.3 is 0 Å². The molecule has 0 unspecified atom stereocenters. The number of rotatable bonds is 4. The summed E-state index contributed by atoms with van der Waals surface area (Å²) < 4.78 is 27.6. The summed E-state index contributed by atoms with van der Waals surface area (Å²) in [5.41, 5.74) is 1.22. The first-order valence-electron chi connectivity index (χ1n) is 7.82. The third-order valence-electron chi connectivity index (χ3n) is 3.74. The van der Waals surface area contributed by atoms with Gasteiger partial charge in [-0.3, -0.25) is 9.48 Å². The molecule has 0 aliphatic rings. The van der Waals surface area contributed by atoms with Gasteiger partial charge in [0.15, 0.2) is 0 Å². The molecule has 1 aromatic heterocycles. The van der Waals surface area contributed by atoms with Crippen molar-refractivity contribution in [3.63, 3.8) is 0 Å². The summed E-state index contributed by atoms with van der Waals surface area (Å²) in [5.74, 6) is -0.340. The van der Waals surface area contributed by atoms with Crippen LogP contribution in [0.3, 0.4) is 0 Å². The lowest BCUT2D eigenvalue weighted by molar-refractivity contribution is 0.102. The molecular weight excluding hydrogens is 340 g/mol. The summed E-state index contributed by atoms with van der Waals surface area (Å²) in [6, 6.07) is 4.82. The second-order valence-electron chi connectivity index (χ2n) is 7.07. The summed E-state index contributed by atoms with van der Waals surface area (Å²) in [6.07, 6.45) is 3.16. The molecular formula is C17H24N4O3S. The van der Waals surface area contributed by atoms with E-state index in [9.17, 15) is 13.2 Å². The summed E-state index contributed by atoms with van der Waals surface area (Å²) in [7, 11) is -0.634. The average molecular weight is 364 g/mol. The van der Waals surface area contributed by atoms with Gasteiger partial charge in [0.25, 0.3) is 5.91 Å². The molecule has 8 heteroatoms. The van der Waals surface area contributed by atoms with Gasteiger partial charge in [0.2, 0.25) is 10.0 Å². The van der Waals surface area contributed by atoms with E-state index in [1.54, 1.807) is 29.9 Å². The molecule has 0 saturated carbocycles. The number of anilines is 1. The highest BCUT2D eigenvalue weighted by atomic mass is 32.2. The largest absolute Gasteiger partial charge is 0.322 e. The van der Waals surface area contributed by atoms with E-state index in [2.05, 4.69) is 10.4 Å². The van der Waals surface area contributed by atoms with Crippen molar-refractivity contribution in [2.75, 3.05) is 19.4 Å². The molecule has 0 aliphatic carbocycles. The Balaban J connectivity index is 2.29. The van der Waals surface area contributed by atoms with E-state index in [-0.39, 0.29) is 16.3 Å². The van der Waals surface area contributed by atoms with Crippen molar-refractivity contribution in [1.29, 1.82) is 0 Å². The summed E-state index contributed by atoms with van der Waals surface area (Å²) in [6.45, 7) is 7.68. The van der Waals surface area contributed by atoms with Crippen LogP contribution < -0.4 is 5.32 Å². The first-order chi connectivity index (χ1) is 11.4. The Bertz CT molecular complexity index is 893. The number of aryl methyl sites for hydroxylation is 1. The van der Waals surface area contributed by atoms with E-state index in [1.807, 2.05) is 20.8 Å². The fraction of sp³-hybridized carbons (Fsp3) is 0.412. The molecule has 0 radical (unpaired) electrons. The molecule has 0 bridgehead atoms. The van der Waals surface area contributed by atoms with Crippen LogP contribution in [0.1, 0.15) is 36.7 Å². The number of sulfonamides is 1. The summed E-state index contributed by atoms with van der Waals surface area (Å²) in [4.78, 5) is 12.6. The lowest BCUT2D eigenvalue weighted by Crippen LogP contribution is -2.23. The molecule has 0 saturated heterocycles. The van der Waals surface area contributed by atoms with E-state index < -0.39 is 10.0 Å². The van der Waals surface area contributed by atoms with E-state index >= 15 is 0 Å². The number of nitrogens with one attached hydrogen (secondary N) is 1. The van der Waals surface area contributed by atoms with Crippen molar-refractivity contribution in [3.05, 3.63) is 41.7 Å². The van der Waals surface area contributed by atoms with Crippen LogP contribution in [0, 0.1) is 6.92 Å². The van der Waals surface area contributed by atoms with Crippen LogP contribution in [-0.4, -0.2) is 42.5 Å². The molecule has 2 rings (SSSR count). The lowest BCUT2D eigenvalue weighted by Gasteiger charge is -2.18. The van der Waals surface area contributed by atoms with E-state index in [0.29, 0.717) is 16.8 Å². The number of aromatic nitrogens is 2. The first-order valence-corrected chi connectivity index (χ1v) is 9.26. The molecule has 7 nitrogen and oxygen atoms in total. The van der Waals surface area contributed by atoms with Gasteiger partial charge in [-0.1, -0.05) is 6.07 Å². The van der Waals surface area contributed by atoms with Gasteiger partial charge in [-0.15, -0.1) is 0 Å². The van der Waals surface area contributed by atoms with E-state index in [1.165, 1.54) is 26.4 Å². The van der Waals surface area contributed by atoms with E-state index in [0.717, 1.165) is 4.31 Å². The maximum absolute atomic E-state index is 12.4. The minimum Gasteiger partial charge on any atom is -0.322 e. The second-order valence-corrected chi connectivity index (χ2v) is 9.19. The Labute approximate surface area is 148 Å². The fourth-order valence-corrected chi connectivity index (χ4v) is 3.31. The first kappa shape index (κ1) is 19.1. The average Bonchev–Trinajstić information content (AvgIpc) is 2.99. The van der Waals surface area contributed by atoms with Gasteiger partial charge in [0.1, 0.15) is 0 Å². The standard InChI is InChI=1S/C17H24N4O3S/c1-12-7-8-14(9-15(12)25(23,24)20(5)6)19-16(22)13-10-18-21(11-13)17(2,3)4/h7-11H,1-6H3,(H,19,22). The van der Waals surface area contributed by atoms with Crippen LogP contribution in [-0.2, 0) is 15.6 Å². The molecule has 1 heterocycles. The van der Waals surface area contributed by atoms with Crippen LogP contribution in [0.15, 0.2) is 35.5 Å². The van der Waals surface area contributed by atoms with Crippen LogP contribution in [0.25, 0.3) is 0 Å².